The highest BCUT2D eigenvalue weighted by atomic mass is 32.1. The lowest BCUT2D eigenvalue weighted by molar-refractivity contribution is -0.121. The Morgan fingerprint density at radius 3 is 2.52 bits per heavy atom. The Labute approximate surface area is 154 Å². The predicted octanol–water partition coefficient (Wildman–Crippen LogP) is 4.40. The molecule has 0 saturated heterocycles. The fourth-order valence-corrected chi connectivity index (χ4v) is 2.58. The number of para-hydroxylation sites is 1. The van der Waals surface area contributed by atoms with Gasteiger partial charge in [-0.2, -0.15) is 0 Å². The summed E-state index contributed by atoms with van der Waals surface area (Å²) in [4.78, 5) is 12.0. The van der Waals surface area contributed by atoms with Gasteiger partial charge in [0, 0.05) is 5.69 Å². The van der Waals surface area contributed by atoms with Gasteiger partial charge in [0.1, 0.15) is 5.75 Å². The van der Waals surface area contributed by atoms with Crippen molar-refractivity contribution in [2.75, 3.05) is 11.9 Å². The second kappa shape index (κ2) is 9.18. The number of anilines is 1. The fraction of sp³-hybridized carbons (Fsp3) is 0.300. The number of thiocarbonyl (C=S) groups is 1. The van der Waals surface area contributed by atoms with Crippen LogP contribution in [-0.4, -0.2) is 17.6 Å². The van der Waals surface area contributed by atoms with Crippen molar-refractivity contribution in [3.05, 3.63) is 59.7 Å². The minimum atomic E-state index is -0.293. The normalized spacial score (nSPS) is 11.5. The first kappa shape index (κ1) is 18.9. The molecule has 0 aliphatic carbocycles. The van der Waals surface area contributed by atoms with Crippen LogP contribution in [0.25, 0.3) is 0 Å². The fourth-order valence-electron chi connectivity index (χ4n) is 2.36. The van der Waals surface area contributed by atoms with E-state index in [1.54, 1.807) is 0 Å². The van der Waals surface area contributed by atoms with Gasteiger partial charge >= 0.3 is 0 Å². The van der Waals surface area contributed by atoms with Gasteiger partial charge < -0.3 is 10.1 Å². The third kappa shape index (κ3) is 5.87. The van der Waals surface area contributed by atoms with Crippen molar-refractivity contribution in [1.82, 2.24) is 5.32 Å². The average molecular weight is 356 g/mol. The number of hydrogen-bond donors (Lipinski definition) is 2. The lowest BCUT2D eigenvalue weighted by atomic mass is 9.97. The summed E-state index contributed by atoms with van der Waals surface area (Å²) in [5.74, 6) is 0.771. The van der Waals surface area contributed by atoms with Crippen molar-refractivity contribution in [1.29, 1.82) is 0 Å². The molecule has 0 bridgehead atoms. The molecule has 0 spiro atoms. The Hall–Kier alpha value is -2.40. The van der Waals surface area contributed by atoms with Crippen LogP contribution in [0.4, 0.5) is 5.69 Å². The third-order valence-electron chi connectivity index (χ3n) is 4.00. The molecule has 5 heteroatoms. The summed E-state index contributed by atoms with van der Waals surface area (Å²) in [5.41, 5.74) is 3.24. The van der Waals surface area contributed by atoms with Crippen LogP contribution in [0.1, 0.15) is 37.3 Å². The van der Waals surface area contributed by atoms with Gasteiger partial charge in [0.15, 0.2) is 11.7 Å². The minimum absolute atomic E-state index is 0.0854. The van der Waals surface area contributed by atoms with E-state index in [1.165, 1.54) is 5.56 Å². The van der Waals surface area contributed by atoms with Crippen LogP contribution >= 0.6 is 12.2 Å². The Morgan fingerprint density at radius 2 is 1.84 bits per heavy atom. The SMILES string of the molecule is CC[C@@H](C)c1ccccc1NC(=S)NC(=O)COc1ccc(C)cc1. The third-order valence-corrected chi connectivity index (χ3v) is 4.20. The summed E-state index contributed by atoms with van der Waals surface area (Å²) in [6.45, 7) is 6.22. The van der Waals surface area contributed by atoms with Crippen molar-refractivity contribution in [2.24, 2.45) is 0 Å². The van der Waals surface area contributed by atoms with Crippen molar-refractivity contribution >= 4 is 28.9 Å². The lowest BCUT2D eigenvalue weighted by Crippen LogP contribution is -2.37. The molecule has 2 rings (SSSR count). The molecule has 0 radical (unpaired) electrons. The molecule has 0 heterocycles. The number of hydrogen-bond acceptors (Lipinski definition) is 3. The van der Waals surface area contributed by atoms with Gasteiger partial charge in [-0.25, -0.2) is 0 Å². The molecule has 2 aromatic rings. The van der Waals surface area contributed by atoms with Crippen molar-refractivity contribution < 1.29 is 9.53 Å². The highest BCUT2D eigenvalue weighted by molar-refractivity contribution is 7.80. The van der Waals surface area contributed by atoms with Gasteiger partial charge in [-0.05, 0) is 55.2 Å². The molecule has 1 atom stereocenters. The second-order valence-corrected chi connectivity index (χ2v) is 6.41. The van der Waals surface area contributed by atoms with E-state index in [0.717, 1.165) is 17.7 Å². The van der Waals surface area contributed by atoms with E-state index in [2.05, 4.69) is 30.5 Å². The van der Waals surface area contributed by atoms with E-state index in [4.69, 9.17) is 17.0 Å². The van der Waals surface area contributed by atoms with Gasteiger partial charge in [0.05, 0.1) is 0 Å². The summed E-state index contributed by atoms with van der Waals surface area (Å²) in [6.07, 6.45) is 1.03. The monoisotopic (exact) mass is 356 g/mol. The molecule has 0 saturated carbocycles. The molecule has 0 aliphatic rings. The van der Waals surface area contributed by atoms with Gasteiger partial charge in [-0.15, -0.1) is 0 Å². The molecule has 0 fully saturated rings. The molecule has 132 valence electrons. The first-order valence-corrected chi connectivity index (χ1v) is 8.79. The van der Waals surface area contributed by atoms with Gasteiger partial charge in [0.2, 0.25) is 0 Å². The number of carbonyl (C=O) groups excluding carboxylic acids is 1. The molecule has 0 aliphatic heterocycles. The van der Waals surface area contributed by atoms with E-state index < -0.39 is 0 Å². The van der Waals surface area contributed by atoms with Crippen LogP contribution in [0.3, 0.4) is 0 Å². The van der Waals surface area contributed by atoms with E-state index >= 15 is 0 Å². The standard InChI is InChI=1S/C20H24N2O2S/c1-4-15(3)17-7-5-6-8-18(17)21-20(25)22-19(23)13-24-16-11-9-14(2)10-12-16/h5-12,15H,4,13H2,1-3H3,(H2,21,22,23,25)/t15-/m1/s1. The predicted molar refractivity (Wildman–Crippen MR) is 106 cm³/mol. The first-order valence-electron chi connectivity index (χ1n) is 8.38. The Kier molecular flexibility index (Phi) is 6.95. The maximum atomic E-state index is 12.0. The zero-order valence-electron chi connectivity index (χ0n) is 14.8. The van der Waals surface area contributed by atoms with Crippen molar-refractivity contribution in [2.45, 2.75) is 33.1 Å². The maximum absolute atomic E-state index is 12.0. The van der Waals surface area contributed by atoms with Gasteiger partial charge in [-0.3, -0.25) is 10.1 Å². The molecule has 25 heavy (non-hydrogen) atoms. The highest BCUT2D eigenvalue weighted by Gasteiger charge is 2.11. The van der Waals surface area contributed by atoms with E-state index in [9.17, 15) is 4.79 Å². The van der Waals surface area contributed by atoms with Crippen molar-refractivity contribution in [3.8, 4) is 5.75 Å². The number of rotatable bonds is 6. The number of aryl methyl sites for hydroxylation is 1. The summed E-state index contributed by atoms with van der Waals surface area (Å²) in [7, 11) is 0. The van der Waals surface area contributed by atoms with E-state index in [-0.39, 0.29) is 17.6 Å². The lowest BCUT2D eigenvalue weighted by Gasteiger charge is -2.17. The number of ether oxygens (including phenoxy) is 1. The van der Waals surface area contributed by atoms with E-state index in [0.29, 0.717) is 11.7 Å². The molecule has 1 amide bonds. The first-order chi connectivity index (χ1) is 12.0. The molecule has 2 aromatic carbocycles. The van der Waals surface area contributed by atoms with Gasteiger partial charge in [-0.1, -0.05) is 49.7 Å². The topological polar surface area (TPSA) is 50.4 Å². The van der Waals surface area contributed by atoms with Crippen LogP contribution in [0.2, 0.25) is 0 Å². The largest absolute Gasteiger partial charge is 0.484 e. The maximum Gasteiger partial charge on any atom is 0.264 e. The molecule has 0 unspecified atom stereocenters. The van der Waals surface area contributed by atoms with Crippen LogP contribution < -0.4 is 15.4 Å². The van der Waals surface area contributed by atoms with Crippen LogP contribution in [0.15, 0.2) is 48.5 Å². The zero-order chi connectivity index (χ0) is 18.2. The highest BCUT2D eigenvalue weighted by Crippen LogP contribution is 2.26. The summed E-state index contributed by atoms with van der Waals surface area (Å²) >= 11 is 5.24. The van der Waals surface area contributed by atoms with Gasteiger partial charge in [0.25, 0.3) is 5.91 Å². The van der Waals surface area contributed by atoms with Crippen molar-refractivity contribution in [3.63, 3.8) is 0 Å². The molecular weight excluding hydrogens is 332 g/mol. The second-order valence-electron chi connectivity index (χ2n) is 6.00. The zero-order valence-corrected chi connectivity index (χ0v) is 15.7. The quantitative estimate of drug-likeness (QED) is 0.753. The molecule has 0 aromatic heterocycles. The molecular formula is C20H24N2O2S. The van der Waals surface area contributed by atoms with E-state index in [1.807, 2.05) is 49.4 Å². The Morgan fingerprint density at radius 1 is 1.16 bits per heavy atom. The molecule has 2 N–H and O–H groups in total. The minimum Gasteiger partial charge on any atom is -0.484 e. The Bertz CT molecular complexity index is 729. The molecule has 4 nitrogen and oxygen atoms in total. The number of benzene rings is 2. The average Bonchev–Trinajstić information content (AvgIpc) is 2.61. The summed E-state index contributed by atoms with van der Waals surface area (Å²) in [6, 6.07) is 15.5. The number of nitrogens with one attached hydrogen (secondary N) is 2. The number of amides is 1. The van der Waals surface area contributed by atoms with Crippen LogP contribution in [0.5, 0.6) is 5.75 Å². The summed E-state index contributed by atoms with van der Waals surface area (Å²) < 4.78 is 5.45. The summed E-state index contributed by atoms with van der Waals surface area (Å²) in [5, 5.41) is 6.03. The smallest absolute Gasteiger partial charge is 0.264 e. The van der Waals surface area contributed by atoms with Crippen LogP contribution in [-0.2, 0) is 4.79 Å². The number of carbonyl (C=O) groups is 1. The Balaban J connectivity index is 1.87. The van der Waals surface area contributed by atoms with Crippen LogP contribution in [0, 0.1) is 6.92 Å².